The summed E-state index contributed by atoms with van der Waals surface area (Å²) in [6, 6.07) is 0. The van der Waals surface area contributed by atoms with E-state index in [4.69, 9.17) is 16.3 Å². The molecule has 0 aliphatic heterocycles. The fourth-order valence-electron chi connectivity index (χ4n) is 0.345. The molecule has 0 aliphatic carbocycles. The van der Waals surface area contributed by atoms with Gasteiger partial charge in [0, 0.05) is 13.0 Å². The first-order valence-electron chi connectivity index (χ1n) is 2.61. The minimum absolute atomic E-state index is 0.691. The van der Waals surface area contributed by atoms with Gasteiger partial charge in [0.05, 0.1) is 6.61 Å². The van der Waals surface area contributed by atoms with Crippen LogP contribution in [0.3, 0.4) is 0 Å². The minimum atomic E-state index is 0.691. The Kier molecular flexibility index (Phi) is 6.98. The number of alkyl halides is 1. The van der Waals surface area contributed by atoms with E-state index in [2.05, 4.69) is 0 Å². The zero-order valence-corrected chi connectivity index (χ0v) is 5.82. The first-order chi connectivity index (χ1) is 3.91. The Hall–Kier alpha value is -0.0100. The van der Waals surface area contributed by atoms with Crippen molar-refractivity contribution in [1.82, 2.24) is 0 Å². The molecule has 0 bridgehead atoms. The first kappa shape index (κ1) is 7.99. The number of rotatable bonds is 4. The third-order valence-corrected chi connectivity index (χ3v) is 0.924. The van der Waals surface area contributed by atoms with Gasteiger partial charge in [0.1, 0.15) is 0 Å². The molecule has 0 saturated carbocycles. The number of hydrogen-bond acceptors (Lipinski definition) is 1. The summed E-state index contributed by atoms with van der Waals surface area (Å²) >= 11 is 5.39. The van der Waals surface area contributed by atoms with E-state index in [1.807, 2.05) is 12.2 Å². The van der Waals surface area contributed by atoms with Crippen molar-refractivity contribution >= 4 is 11.6 Å². The number of allylic oxidation sites excluding steroid dienone is 1. The van der Waals surface area contributed by atoms with Crippen molar-refractivity contribution in [3.05, 3.63) is 12.2 Å². The van der Waals surface area contributed by atoms with E-state index in [0.717, 1.165) is 6.42 Å². The Morgan fingerprint density at radius 2 is 2.25 bits per heavy atom. The van der Waals surface area contributed by atoms with E-state index in [-0.39, 0.29) is 0 Å². The Morgan fingerprint density at radius 1 is 1.50 bits per heavy atom. The summed E-state index contributed by atoms with van der Waals surface area (Å²) in [5.74, 6) is 0.695. The molecule has 0 fully saturated rings. The van der Waals surface area contributed by atoms with Crippen molar-refractivity contribution in [2.24, 2.45) is 0 Å². The zero-order valence-electron chi connectivity index (χ0n) is 5.06. The maximum absolute atomic E-state index is 5.39. The summed E-state index contributed by atoms with van der Waals surface area (Å²) < 4.78 is 4.76. The van der Waals surface area contributed by atoms with Gasteiger partial charge in [-0.25, -0.2) is 0 Å². The van der Waals surface area contributed by atoms with Crippen LogP contribution < -0.4 is 0 Å². The Morgan fingerprint density at radius 3 is 2.75 bits per heavy atom. The van der Waals surface area contributed by atoms with Gasteiger partial charge in [-0.3, -0.25) is 0 Å². The van der Waals surface area contributed by atoms with Crippen LogP contribution in [0.4, 0.5) is 0 Å². The van der Waals surface area contributed by atoms with Crippen LogP contribution in [-0.2, 0) is 4.74 Å². The van der Waals surface area contributed by atoms with Gasteiger partial charge >= 0.3 is 0 Å². The highest BCUT2D eigenvalue weighted by atomic mass is 35.5. The second kappa shape index (κ2) is 6.99. The fraction of sp³-hybridized carbons (Fsp3) is 0.667. The third-order valence-electron chi connectivity index (χ3n) is 0.705. The Bertz CT molecular complexity index is 53.5. The summed E-state index contributed by atoms with van der Waals surface area (Å²) in [7, 11) is 1.67. The van der Waals surface area contributed by atoms with Crippen LogP contribution in [-0.4, -0.2) is 19.6 Å². The average Bonchev–Trinajstić information content (AvgIpc) is 1.81. The zero-order chi connectivity index (χ0) is 6.24. The van der Waals surface area contributed by atoms with E-state index in [9.17, 15) is 0 Å². The summed E-state index contributed by atoms with van der Waals surface area (Å²) in [6.45, 7) is 0.691. The highest BCUT2D eigenvalue weighted by Gasteiger charge is 1.72. The number of methoxy groups -OCH3 is 1. The molecule has 8 heavy (non-hydrogen) atoms. The first-order valence-corrected chi connectivity index (χ1v) is 3.15. The fourth-order valence-corrected chi connectivity index (χ4v) is 0.471. The largest absolute Gasteiger partial charge is 0.381 e. The molecule has 0 heterocycles. The van der Waals surface area contributed by atoms with Crippen molar-refractivity contribution in [2.75, 3.05) is 19.6 Å². The smallest absolute Gasteiger partial charge is 0.0643 e. The molecule has 0 radical (unpaired) electrons. The molecule has 0 aromatic carbocycles. The molecule has 0 spiro atoms. The van der Waals surface area contributed by atoms with Gasteiger partial charge in [-0.15, -0.1) is 11.6 Å². The quantitative estimate of drug-likeness (QED) is 0.421. The van der Waals surface area contributed by atoms with Gasteiger partial charge in [0.15, 0.2) is 0 Å². The molecule has 0 saturated heterocycles. The highest BCUT2D eigenvalue weighted by molar-refractivity contribution is 6.17. The normalized spacial score (nSPS) is 10.8. The highest BCUT2D eigenvalue weighted by Crippen LogP contribution is 1.85. The van der Waals surface area contributed by atoms with E-state index in [0.29, 0.717) is 12.5 Å². The van der Waals surface area contributed by atoms with E-state index >= 15 is 0 Å². The Labute approximate surface area is 55.3 Å². The standard InChI is InChI=1S/C6H11ClO/c1-8-6-4-2-3-5-7/h2,4H,3,5-6H2,1H3/b4-2+. The number of hydrogen-bond donors (Lipinski definition) is 0. The molecule has 0 aromatic heterocycles. The van der Waals surface area contributed by atoms with Crippen molar-refractivity contribution in [2.45, 2.75) is 6.42 Å². The monoisotopic (exact) mass is 134 g/mol. The van der Waals surface area contributed by atoms with Gasteiger partial charge in [-0.2, -0.15) is 0 Å². The molecule has 0 rings (SSSR count). The predicted octanol–water partition coefficient (Wildman–Crippen LogP) is 1.82. The SMILES string of the molecule is COC/C=C/CCCl. The number of halogens is 1. The van der Waals surface area contributed by atoms with Crippen molar-refractivity contribution in [1.29, 1.82) is 0 Å². The van der Waals surface area contributed by atoms with Crippen LogP contribution in [0.2, 0.25) is 0 Å². The second-order valence-corrected chi connectivity index (χ2v) is 1.78. The summed E-state index contributed by atoms with van der Waals surface area (Å²) in [5, 5.41) is 0. The van der Waals surface area contributed by atoms with Crippen molar-refractivity contribution in [3.63, 3.8) is 0 Å². The lowest BCUT2D eigenvalue weighted by Crippen LogP contribution is -1.79. The summed E-state index contributed by atoms with van der Waals surface area (Å²) in [4.78, 5) is 0. The second-order valence-electron chi connectivity index (χ2n) is 1.40. The molecule has 0 aliphatic rings. The van der Waals surface area contributed by atoms with Crippen LogP contribution >= 0.6 is 11.6 Å². The predicted molar refractivity (Wildman–Crippen MR) is 36.4 cm³/mol. The number of ether oxygens (including phenoxy) is 1. The molecular formula is C6H11ClO. The molecule has 0 unspecified atom stereocenters. The topological polar surface area (TPSA) is 9.23 Å². The van der Waals surface area contributed by atoms with Crippen LogP contribution in [0.1, 0.15) is 6.42 Å². The maximum atomic E-state index is 5.39. The van der Waals surface area contributed by atoms with Gasteiger partial charge < -0.3 is 4.74 Å². The lowest BCUT2D eigenvalue weighted by molar-refractivity contribution is 0.233. The maximum Gasteiger partial charge on any atom is 0.0643 e. The molecular weight excluding hydrogens is 124 g/mol. The molecule has 0 N–H and O–H groups in total. The van der Waals surface area contributed by atoms with E-state index in [1.54, 1.807) is 7.11 Å². The lowest BCUT2D eigenvalue weighted by Gasteiger charge is -1.85. The van der Waals surface area contributed by atoms with Crippen molar-refractivity contribution < 1.29 is 4.74 Å². The molecule has 0 atom stereocenters. The molecule has 0 amide bonds. The van der Waals surface area contributed by atoms with Crippen LogP contribution in [0.25, 0.3) is 0 Å². The molecule has 1 nitrogen and oxygen atoms in total. The summed E-state index contributed by atoms with van der Waals surface area (Å²) in [6.07, 6.45) is 4.91. The third kappa shape index (κ3) is 5.99. The van der Waals surface area contributed by atoms with Crippen LogP contribution in [0, 0.1) is 0 Å². The molecule has 48 valence electrons. The average molecular weight is 135 g/mol. The van der Waals surface area contributed by atoms with Crippen LogP contribution in [0.15, 0.2) is 12.2 Å². The van der Waals surface area contributed by atoms with Gasteiger partial charge in [0.2, 0.25) is 0 Å². The Balaban J connectivity index is 2.83. The van der Waals surface area contributed by atoms with Gasteiger partial charge in [-0.1, -0.05) is 12.2 Å². The van der Waals surface area contributed by atoms with Gasteiger partial charge in [0.25, 0.3) is 0 Å². The van der Waals surface area contributed by atoms with Crippen molar-refractivity contribution in [3.8, 4) is 0 Å². The molecule has 0 aromatic rings. The van der Waals surface area contributed by atoms with E-state index in [1.165, 1.54) is 0 Å². The van der Waals surface area contributed by atoms with Gasteiger partial charge in [-0.05, 0) is 6.42 Å². The van der Waals surface area contributed by atoms with E-state index < -0.39 is 0 Å². The summed E-state index contributed by atoms with van der Waals surface area (Å²) in [5.41, 5.74) is 0. The molecule has 2 heteroatoms. The van der Waals surface area contributed by atoms with Crippen LogP contribution in [0.5, 0.6) is 0 Å². The minimum Gasteiger partial charge on any atom is -0.381 e. The lowest BCUT2D eigenvalue weighted by atomic mass is 10.4.